The summed E-state index contributed by atoms with van der Waals surface area (Å²) in [6.45, 7) is 0. The predicted molar refractivity (Wildman–Crippen MR) is 123 cm³/mol. The Morgan fingerprint density at radius 2 is 1.48 bits per heavy atom. The van der Waals surface area contributed by atoms with Crippen molar-refractivity contribution in [2.24, 2.45) is 0 Å². The smallest absolute Gasteiger partial charge is 0.163 e. The molecule has 146 valence electrons. The second kappa shape index (κ2) is 7.18. The van der Waals surface area contributed by atoms with Gasteiger partial charge < -0.3 is 4.42 Å². The van der Waals surface area contributed by atoms with Crippen LogP contribution in [-0.2, 0) is 0 Å². The topological polar surface area (TPSA) is 51.8 Å². The molecule has 0 saturated heterocycles. The molecule has 3 aromatic heterocycles. The molecule has 0 bridgehead atoms. The van der Waals surface area contributed by atoms with E-state index < -0.39 is 0 Å². The lowest BCUT2D eigenvalue weighted by Crippen LogP contribution is -1.92. The van der Waals surface area contributed by atoms with E-state index in [9.17, 15) is 0 Å². The van der Waals surface area contributed by atoms with Gasteiger partial charge in [0.1, 0.15) is 11.2 Å². The zero-order valence-corrected chi connectivity index (χ0v) is 16.6. The van der Waals surface area contributed by atoms with E-state index in [1.807, 2.05) is 54.7 Å². The van der Waals surface area contributed by atoms with E-state index in [0.29, 0.717) is 5.82 Å². The maximum atomic E-state index is 6.17. The molecule has 0 aliphatic heterocycles. The number of fused-ring (bicyclic) bond motifs is 3. The fourth-order valence-electron chi connectivity index (χ4n) is 3.96. The van der Waals surface area contributed by atoms with Gasteiger partial charge in [0.05, 0.1) is 11.3 Å². The molecule has 4 nitrogen and oxygen atoms in total. The lowest BCUT2D eigenvalue weighted by atomic mass is 10.0. The van der Waals surface area contributed by atoms with Crippen LogP contribution in [0.3, 0.4) is 0 Å². The summed E-state index contributed by atoms with van der Waals surface area (Å²) in [4.78, 5) is 13.7. The molecule has 3 heterocycles. The Bertz CT molecular complexity index is 1540. The number of aromatic nitrogens is 3. The highest BCUT2D eigenvalue weighted by Crippen LogP contribution is 2.35. The molecular weight excluding hydrogens is 382 g/mol. The second-order valence-electron chi connectivity index (χ2n) is 7.37. The Labute approximate surface area is 178 Å². The summed E-state index contributed by atoms with van der Waals surface area (Å²) >= 11 is 0. The fraction of sp³-hybridized carbons (Fsp3) is 0. The van der Waals surface area contributed by atoms with Crippen LogP contribution >= 0.6 is 0 Å². The minimum atomic E-state index is 0.647. The van der Waals surface area contributed by atoms with Crippen LogP contribution in [0.4, 0.5) is 0 Å². The standard InChI is InChI=1S/C27H17N3O/c1-2-12-25-21(9-1)22-10-4-11-23(26(22)31-25)27-29-15-13-24(30-27)19-7-3-6-18(16-19)20-8-5-14-28-17-20/h1-17H. The molecule has 0 spiro atoms. The average molecular weight is 399 g/mol. The second-order valence-corrected chi connectivity index (χ2v) is 7.37. The highest BCUT2D eigenvalue weighted by atomic mass is 16.3. The Morgan fingerprint density at radius 1 is 0.645 bits per heavy atom. The minimum absolute atomic E-state index is 0.647. The Balaban J connectivity index is 1.48. The number of para-hydroxylation sites is 2. The van der Waals surface area contributed by atoms with Crippen molar-refractivity contribution in [1.82, 2.24) is 15.0 Å². The summed E-state index contributed by atoms with van der Waals surface area (Å²) in [6.07, 6.45) is 5.45. The molecule has 6 aromatic rings. The first-order valence-corrected chi connectivity index (χ1v) is 10.1. The van der Waals surface area contributed by atoms with Crippen LogP contribution in [0, 0.1) is 0 Å². The first-order valence-electron chi connectivity index (χ1n) is 10.1. The van der Waals surface area contributed by atoms with Crippen molar-refractivity contribution in [2.75, 3.05) is 0 Å². The molecular formula is C27H17N3O. The molecule has 0 fully saturated rings. The SMILES string of the molecule is c1cncc(-c2cccc(-c3ccnc(-c4cccc5c4oc4ccccc45)n3)c2)c1. The largest absolute Gasteiger partial charge is 0.455 e. The van der Waals surface area contributed by atoms with Gasteiger partial charge in [0.2, 0.25) is 0 Å². The van der Waals surface area contributed by atoms with E-state index in [0.717, 1.165) is 49.9 Å². The van der Waals surface area contributed by atoms with Crippen LogP contribution in [0.25, 0.3) is 55.7 Å². The van der Waals surface area contributed by atoms with Crippen LogP contribution in [0.2, 0.25) is 0 Å². The lowest BCUT2D eigenvalue weighted by molar-refractivity contribution is 0.669. The van der Waals surface area contributed by atoms with Gasteiger partial charge in [-0.2, -0.15) is 0 Å². The summed E-state index contributed by atoms with van der Waals surface area (Å²) < 4.78 is 6.17. The third-order valence-corrected chi connectivity index (χ3v) is 5.45. The maximum absolute atomic E-state index is 6.17. The molecule has 0 atom stereocenters. The third kappa shape index (κ3) is 3.06. The number of hydrogen-bond acceptors (Lipinski definition) is 4. The van der Waals surface area contributed by atoms with Gasteiger partial charge in [-0.1, -0.05) is 54.6 Å². The molecule has 3 aromatic carbocycles. The lowest BCUT2D eigenvalue weighted by Gasteiger charge is -2.07. The van der Waals surface area contributed by atoms with Gasteiger partial charge in [0, 0.05) is 40.5 Å². The predicted octanol–water partition coefficient (Wildman–Crippen LogP) is 6.77. The van der Waals surface area contributed by atoms with Crippen LogP contribution < -0.4 is 0 Å². The third-order valence-electron chi connectivity index (χ3n) is 5.45. The number of rotatable bonds is 3. The van der Waals surface area contributed by atoms with E-state index in [-0.39, 0.29) is 0 Å². The van der Waals surface area contributed by atoms with Gasteiger partial charge in [-0.05, 0) is 35.9 Å². The number of furan rings is 1. The number of hydrogen-bond donors (Lipinski definition) is 0. The van der Waals surface area contributed by atoms with Crippen molar-refractivity contribution in [3.05, 3.63) is 104 Å². The minimum Gasteiger partial charge on any atom is -0.455 e. The Hall–Kier alpha value is -4.31. The van der Waals surface area contributed by atoms with Gasteiger partial charge in [0.25, 0.3) is 0 Å². The molecule has 0 unspecified atom stereocenters. The average Bonchev–Trinajstić information content (AvgIpc) is 3.24. The van der Waals surface area contributed by atoms with Crippen molar-refractivity contribution in [1.29, 1.82) is 0 Å². The molecule has 0 aliphatic carbocycles. The van der Waals surface area contributed by atoms with E-state index in [1.54, 1.807) is 12.4 Å². The monoisotopic (exact) mass is 399 g/mol. The van der Waals surface area contributed by atoms with E-state index in [2.05, 4.69) is 46.4 Å². The van der Waals surface area contributed by atoms with Crippen LogP contribution in [0.5, 0.6) is 0 Å². The summed E-state index contributed by atoms with van der Waals surface area (Å²) in [5, 5.41) is 2.17. The van der Waals surface area contributed by atoms with Crippen LogP contribution in [-0.4, -0.2) is 15.0 Å². The zero-order valence-electron chi connectivity index (χ0n) is 16.6. The number of nitrogens with zero attached hydrogens (tertiary/aromatic N) is 3. The molecule has 0 amide bonds. The molecule has 0 radical (unpaired) electrons. The van der Waals surface area contributed by atoms with Crippen molar-refractivity contribution in [3.63, 3.8) is 0 Å². The normalized spacial score (nSPS) is 11.2. The quantitative estimate of drug-likeness (QED) is 0.329. The molecule has 0 N–H and O–H groups in total. The van der Waals surface area contributed by atoms with Crippen LogP contribution in [0.15, 0.2) is 108 Å². The summed E-state index contributed by atoms with van der Waals surface area (Å²) in [7, 11) is 0. The van der Waals surface area contributed by atoms with Gasteiger partial charge >= 0.3 is 0 Å². The van der Waals surface area contributed by atoms with Crippen molar-refractivity contribution >= 4 is 21.9 Å². The number of pyridine rings is 1. The molecule has 4 heteroatoms. The first-order chi connectivity index (χ1) is 15.4. The molecule has 31 heavy (non-hydrogen) atoms. The van der Waals surface area contributed by atoms with Gasteiger partial charge in [0.15, 0.2) is 5.82 Å². The maximum Gasteiger partial charge on any atom is 0.163 e. The van der Waals surface area contributed by atoms with Gasteiger partial charge in [-0.3, -0.25) is 4.98 Å². The Kier molecular flexibility index (Phi) is 4.06. The van der Waals surface area contributed by atoms with Crippen molar-refractivity contribution in [3.8, 4) is 33.8 Å². The van der Waals surface area contributed by atoms with Crippen molar-refractivity contribution < 1.29 is 4.42 Å². The highest BCUT2D eigenvalue weighted by Gasteiger charge is 2.14. The van der Waals surface area contributed by atoms with Gasteiger partial charge in [-0.15, -0.1) is 0 Å². The first kappa shape index (κ1) is 17.5. The highest BCUT2D eigenvalue weighted by molar-refractivity contribution is 6.09. The molecule has 6 rings (SSSR count). The summed E-state index contributed by atoms with van der Waals surface area (Å²) in [5.74, 6) is 0.647. The number of benzene rings is 3. The zero-order chi connectivity index (χ0) is 20.6. The summed E-state index contributed by atoms with van der Waals surface area (Å²) in [6, 6.07) is 28.4. The summed E-state index contributed by atoms with van der Waals surface area (Å²) in [5.41, 5.74) is 6.63. The van der Waals surface area contributed by atoms with E-state index >= 15 is 0 Å². The van der Waals surface area contributed by atoms with Crippen LogP contribution in [0.1, 0.15) is 0 Å². The Morgan fingerprint density at radius 3 is 2.42 bits per heavy atom. The van der Waals surface area contributed by atoms with Gasteiger partial charge in [-0.25, -0.2) is 9.97 Å². The fourth-order valence-corrected chi connectivity index (χ4v) is 3.96. The van der Waals surface area contributed by atoms with Crippen molar-refractivity contribution in [2.45, 2.75) is 0 Å². The molecule has 0 aliphatic rings. The van der Waals surface area contributed by atoms with E-state index in [1.165, 1.54) is 0 Å². The van der Waals surface area contributed by atoms with E-state index in [4.69, 9.17) is 9.40 Å². The molecule has 0 saturated carbocycles.